The van der Waals surface area contributed by atoms with Crippen molar-refractivity contribution in [3.05, 3.63) is 72.3 Å². The van der Waals surface area contributed by atoms with Gasteiger partial charge in [0.15, 0.2) is 5.78 Å². The summed E-state index contributed by atoms with van der Waals surface area (Å²) in [6.45, 7) is 0.000521. The summed E-state index contributed by atoms with van der Waals surface area (Å²) in [6.07, 6.45) is 8.55. The van der Waals surface area contributed by atoms with Gasteiger partial charge in [0.25, 0.3) is 5.19 Å². The number of amides is 2. The van der Waals surface area contributed by atoms with E-state index in [0.29, 0.717) is 37.3 Å². The van der Waals surface area contributed by atoms with Crippen LogP contribution in [0.5, 0.6) is 5.19 Å². The highest BCUT2D eigenvalue weighted by Gasteiger charge is 2.61. The third-order valence-electron chi connectivity index (χ3n) is 10.7. The number of carbonyl (C=O) groups is 3. The number of aromatic nitrogens is 1. The minimum Gasteiger partial charge on any atom is -0.465 e. The molecular weight excluding hydrogens is 725 g/mol. The Morgan fingerprint density at radius 1 is 1.02 bits per heavy atom. The lowest BCUT2D eigenvalue weighted by Gasteiger charge is -2.34. The minimum absolute atomic E-state index is 0.0165. The summed E-state index contributed by atoms with van der Waals surface area (Å²) >= 11 is 1.35. The number of carbonyl (C=O) groups excluding carboxylic acids is 3. The lowest BCUT2D eigenvalue weighted by Crippen LogP contribution is -2.53. The number of fused-ring (bicyclic) bond motifs is 3. The van der Waals surface area contributed by atoms with Gasteiger partial charge in [-0.3, -0.25) is 19.1 Å². The van der Waals surface area contributed by atoms with Crippen molar-refractivity contribution in [2.45, 2.75) is 94.2 Å². The number of Topliss-reactive ketones (excluding diaryl/α,β-unsaturated/α-hetero) is 1. The van der Waals surface area contributed by atoms with Gasteiger partial charge in [0.1, 0.15) is 12.1 Å². The van der Waals surface area contributed by atoms with Gasteiger partial charge in [0.2, 0.25) is 31.9 Å². The zero-order chi connectivity index (χ0) is 36.7. The second kappa shape index (κ2) is 14.6. The zero-order valence-corrected chi connectivity index (χ0v) is 31.5. The molecule has 12 nitrogen and oxygen atoms in total. The Morgan fingerprint density at radius 2 is 1.77 bits per heavy atom. The molecule has 52 heavy (non-hydrogen) atoms. The van der Waals surface area contributed by atoms with Crippen LogP contribution in [0.1, 0.15) is 69.8 Å². The van der Waals surface area contributed by atoms with E-state index in [4.69, 9.17) is 4.74 Å². The molecule has 3 aromatic rings. The van der Waals surface area contributed by atoms with Crippen molar-refractivity contribution in [1.29, 1.82) is 0 Å². The first kappa shape index (κ1) is 36.7. The lowest BCUT2D eigenvalue weighted by atomic mass is 9.91. The summed E-state index contributed by atoms with van der Waals surface area (Å²) in [4.78, 5) is 49.1. The molecule has 0 spiro atoms. The number of allylic oxidation sites excluding steroid dienone is 2. The summed E-state index contributed by atoms with van der Waals surface area (Å²) in [5, 5.41) is -0.215. The van der Waals surface area contributed by atoms with Crippen molar-refractivity contribution >= 4 is 59.2 Å². The standard InChI is InChI=1S/C37H44N4O8S3/c1-51(45,46)41(23-25-12-6-5-7-13-25)30-16-9-4-2-3-8-14-26-21-37(26,35(44)39-52(47,48)28-18-19-28)22-32(42)31-20-27(24-40(31)34(30)43)49-36-38-29-15-10-11-17-33(29)50-36/h5-8,10-15,17,26-28,30-31H,2-4,9,16,18-24H2,1H3,(H,39,44)/b14-8-/t26-,27+,30-,31-,37+/m0/s1. The highest BCUT2D eigenvalue weighted by Crippen LogP contribution is 2.57. The fourth-order valence-electron chi connectivity index (χ4n) is 7.57. The maximum Gasteiger partial charge on any atom is 0.274 e. The van der Waals surface area contributed by atoms with Crippen LogP contribution in [0.3, 0.4) is 0 Å². The molecule has 5 atom stereocenters. The van der Waals surface area contributed by atoms with Crippen LogP contribution in [-0.2, 0) is 41.0 Å². The molecule has 1 saturated heterocycles. The van der Waals surface area contributed by atoms with Crippen LogP contribution < -0.4 is 9.46 Å². The number of rotatable bonds is 9. The summed E-state index contributed by atoms with van der Waals surface area (Å²) < 4.78 is 63.3. The Hall–Kier alpha value is -3.66. The average Bonchev–Trinajstić information content (AvgIpc) is 3.99. The normalized spacial score (nSPS) is 28.1. The SMILES string of the molecule is CS(=O)(=O)N(Cc1ccccc1)[C@H]1CCCCC/C=C\[C@H]2C[C@@]2(C(=O)NS(=O)(=O)C2CC2)CC(=O)[C@@H]2C[C@@H](Oc3nc4ccccc4s3)CN2C1=O. The van der Waals surface area contributed by atoms with E-state index >= 15 is 0 Å². The Bertz CT molecular complexity index is 2050. The third kappa shape index (κ3) is 7.97. The number of ketones is 1. The predicted octanol–water partition coefficient (Wildman–Crippen LogP) is 4.57. The first-order valence-electron chi connectivity index (χ1n) is 17.9. The van der Waals surface area contributed by atoms with Crippen LogP contribution in [0.15, 0.2) is 66.7 Å². The van der Waals surface area contributed by atoms with Crippen molar-refractivity contribution in [3.63, 3.8) is 0 Å². The molecule has 7 rings (SSSR count). The van der Waals surface area contributed by atoms with E-state index in [2.05, 4.69) is 9.71 Å². The van der Waals surface area contributed by atoms with E-state index in [1.54, 1.807) is 0 Å². The topological polar surface area (TPSA) is 160 Å². The molecule has 2 aromatic carbocycles. The molecule has 2 amide bonds. The van der Waals surface area contributed by atoms with E-state index in [1.807, 2.05) is 66.7 Å². The third-order valence-corrected chi connectivity index (χ3v) is 14.7. The molecule has 0 unspecified atom stereocenters. The first-order chi connectivity index (χ1) is 24.8. The number of nitrogens with one attached hydrogen (secondary N) is 1. The van der Waals surface area contributed by atoms with Gasteiger partial charge in [0.05, 0.1) is 39.7 Å². The summed E-state index contributed by atoms with van der Waals surface area (Å²) in [6, 6.07) is 14.6. The molecule has 2 aliphatic heterocycles. The second-order valence-corrected chi connectivity index (χ2v) is 19.5. The largest absolute Gasteiger partial charge is 0.465 e. The fourth-order valence-corrected chi connectivity index (χ4v) is 10.9. The van der Waals surface area contributed by atoms with Gasteiger partial charge >= 0.3 is 0 Å². The molecule has 278 valence electrons. The summed E-state index contributed by atoms with van der Waals surface area (Å²) in [7, 11) is -7.76. The monoisotopic (exact) mass is 768 g/mol. The summed E-state index contributed by atoms with van der Waals surface area (Å²) in [5.41, 5.74) is 0.220. The molecule has 4 aliphatic rings. The van der Waals surface area contributed by atoms with Crippen molar-refractivity contribution in [2.24, 2.45) is 11.3 Å². The molecule has 3 heterocycles. The van der Waals surface area contributed by atoms with Crippen LogP contribution in [0.25, 0.3) is 10.2 Å². The van der Waals surface area contributed by atoms with Gasteiger partial charge in [-0.05, 0) is 62.1 Å². The van der Waals surface area contributed by atoms with Crippen LogP contribution in [0.2, 0.25) is 0 Å². The van der Waals surface area contributed by atoms with Gasteiger partial charge in [-0.25, -0.2) is 21.8 Å². The number of thiazole rings is 1. The van der Waals surface area contributed by atoms with E-state index in [-0.39, 0.29) is 44.1 Å². The lowest BCUT2D eigenvalue weighted by molar-refractivity contribution is -0.142. The van der Waals surface area contributed by atoms with Crippen molar-refractivity contribution in [2.75, 3.05) is 12.8 Å². The molecule has 1 aromatic heterocycles. The van der Waals surface area contributed by atoms with Gasteiger partial charge < -0.3 is 9.64 Å². The van der Waals surface area contributed by atoms with E-state index < -0.39 is 60.7 Å². The van der Waals surface area contributed by atoms with Gasteiger partial charge in [-0.1, -0.05) is 78.8 Å². The van der Waals surface area contributed by atoms with Crippen molar-refractivity contribution < 1.29 is 36.0 Å². The number of para-hydroxylation sites is 1. The van der Waals surface area contributed by atoms with E-state index in [9.17, 15) is 31.2 Å². The number of ether oxygens (including phenoxy) is 1. The maximum absolute atomic E-state index is 14.8. The number of nitrogens with zero attached hydrogens (tertiary/aromatic N) is 3. The van der Waals surface area contributed by atoms with Crippen LogP contribution in [0.4, 0.5) is 0 Å². The molecular formula is C37H44N4O8S3. The quantitative estimate of drug-likeness (QED) is 0.308. The Labute approximate surface area is 308 Å². The van der Waals surface area contributed by atoms with Crippen molar-refractivity contribution in [1.82, 2.24) is 18.9 Å². The number of sulfonamides is 2. The molecule has 0 bridgehead atoms. The molecule has 15 heteroatoms. The van der Waals surface area contributed by atoms with E-state index in [1.165, 1.54) is 20.5 Å². The Balaban J connectivity index is 1.22. The zero-order valence-electron chi connectivity index (χ0n) is 29.1. The number of hydrogen-bond acceptors (Lipinski definition) is 10. The molecule has 2 saturated carbocycles. The first-order valence-corrected chi connectivity index (χ1v) is 22.1. The van der Waals surface area contributed by atoms with Crippen LogP contribution >= 0.6 is 11.3 Å². The van der Waals surface area contributed by atoms with Crippen LogP contribution in [-0.4, -0.2) is 84.9 Å². The molecule has 3 fully saturated rings. The number of hydrogen-bond donors (Lipinski definition) is 1. The maximum atomic E-state index is 14.8. The van der Waals surface area contributed by atoms with Gasteiger partial charge in [0, 0.05) is 19.4 Å². The molecule has 2 aliphatic carbocycles. The molecule has 1 N–H and O–H groups in total. The highest BCUT2D eigenvalue weighted by molar-refractivity contribution is 7.91. The van der Waals surface area contributed by atoms with Crippen LogP contribution in [0, 0.1) is 11.3 Å². The van der Waals surface area contributed by atoms with Gasteiger partial charge in [-0.15, -0.1) is 0 Å². The predicted molar refractivity (Wildman–Crippen MR) is 197 cm³/mol. The van der Waals surface area contributed by atoms with E-state index in [0.717, 1.165) is 34.9 Å². The second-order valence-electron chi connectivity index (χ2n) is 14.6. The minimum atomic E-state index is -3.90. The Kier molecular flexibility index (Phi) is 10.3. The Morgan fingerprint density at radius 3 is 2.50 bits per heavy atom. The van der Waals surface area contributed by atoms with Crippen molar-refractivity contribution in [3.8, 4) is 5.19 Å². The smallest absolute Gasteiger partial charge is 0.274 e. The highest BCUT2D eigenvalue weighted by atomic mass is 32.2. The molecule has 0 radical (unpaired) electrons. The fraction of sp³-hybridized carbons (Fsp3) is 0.514. The number of benzene rings is 2. The average molecular weight is 769 g/mol. The van der Waals surface area contributed by atoms with Gasteiger partial charge in [-0.2, -0.15) is 4.31 Å². The summed E-state index contributed by atoms with van der Waals surface area (Å²) in [5.74, 6) is -1.89.